The number of benzene rings is 1. The number of primary amides is 1. The van der Waals surface area contributed by atoms with Crippen molar-refractivity contribution in [2.24, 2.45) is 11.1 Å². The lowest BCUT2D eigenvalue weighted by Crippen LogP contribution is -2.44. The molecule has 0 saturated carbocycles. The molecule has 1 spiro atoms. The highest BCUT2D eigenvalue weighted by molar-refractivity contribution is 5.79. The molecular formula is C17H21F2N3O2. The van der Waals surface area contributed by atoms with Gasteiger partial charge in [0.15, 0.2) is 11.6 Å². The van der Waals surface area contributed by atoms with E-state index in [1.54, 1.807) is 4.90 Å². The molecule has 1 aromatic rings. The highest BCUT2D eigenvalue weighted by Gasteiger charge is 2.44. The summed E-state index contributed by atoms with van der Waals surface area (Å²) >= 11 is 0. The second-order valence-electron chi connectivity index (χ2n) is 6.92. The molecule has 0 aliphatic carbocycles. The van der Waals surface area contributed by atoms with E-state index in [1.165, 1.54) is 6.07 Å². The monoisotopic (exact) mass is 337 g/mol. The molecule has 1 aromatic carbocycles. The minimum Gasteiger partial charge on any atom is -0.369 e. The number of halogens is 2. The molecule has 2 saturated heterocycles. The number of carbonyl (C=O) groups excluding carboxylic acids is 2. The summed E-state index contributed by atoms with van der Waals surface area (Å²) in [6.45, 7) is 2.66. The van der Waals surface area contributed by atoms with Crippen molar-refractivity contribution in [3.8, 4) is 0 Å². The maximum absolute atomic E-state index is 13.3. The van der Waals surface area contributed by atoms with Crippen LogP contribution in [0.25, 0.3) is 0 Å². The fourth-order valence-electron chi connectivity index (χ4n) is 3.72. The highest BCUT2D eigenvalue weighted by atomic mass is 19.2. The van der Waals surface area contributed by atoms with Crippen LogP contribution in [0, 0.1) is 17.0 Å². The van der Waals surface area contributed by atoms with E-state index in [1.807, 2.05) is 4.90 Å². The third-order valence-corrected chi connectivity index (χ3v) is 5.06. The Morgan fingerprint density at radius 2 is 1.92 bits per heavy atom. The van der Waals surface area contributed by atoms with Crippen molar-refractivity contribution in [3.63, 3.8) is 0 Å². The van der Waals surface area contributed by atoms with Crippen LogP contribution in [0.2, 0.25) is 0 Å². The number of amides is 2. The van der Waals surface area contributed by atoms with Crippen LogP contribution in [0.5, 0.6) is 0 Å². The van der Waals surface area contributed by atoms with Gasteiger partial charge in [-0.2, -0.15) is 0 Å². The average Bonchev–Trinajstić information content (AvgIpc) is 2.81. The van der Waals surface area contributed by atoms with Crippen molar-refractivity contribution in [2.45, 2.75) is 25.8 Å². The number of rotatable bonds is 4. The fourth-order valence-corrected chi connectivity index (χ4v) is 3.72. The molecule has 2 aliphatic heterocycles. The Morgan fingerprint density at radius 3 is 2.54 bits per heavy atom. The summed E-state index contributed by atoms with van der Waals surface area (Å²) in [6, 6.07) is 3.73. The third-order valence-electron chi connectivity index (χ3n) is 5.06. The Morgan fingerprint density at radius 1 is 1.21 bits per heavy atom. The molecule has 5 nitrogen and oxygen atoms in total. The minimum absolute atomic E-state index is 0.0445. The van der Waals surface area contributed by atoms with Crippen LogP contribution in [0.1, 0.15) is 24.8 Å². The van der Waals surface area contributed by atoms with Crippen molar-refractivity contribution in [3.05, 3.63) is 35.4 Å². The maximum atomic E-state index is 13.3. The summed E-state index contributed by atoms with van der Waals surface area (Å²) < 4.78 is 26.3. The van der Waals surface area contributed by atoms with Crippen LogP contribution in [0.15, 0.2) is 18.2 Å². The van der Waals surface area contributed by atoms with Gasteiger partial charge in [-0.15, -0.1) is 0 Å². The first kappa shape index (κ1) is 16.8. The molecular weight excluding hydrogens is 316 g/mol. The molecule has 24 heavy (non-hydrogen) atoms. The van der Waals surface area contributed by atoms with Crippen molar-refractivity contribution < 1.29 is 18.4 Å². The van der Waals surface area contributed by atoms with E-state index in [2.05, 4.69) is 0 Å². The summed E-state index contributed by atoms with van der Waals surface area (Å²) in [5, 5.41) is 0. The molecule has 0 radical (unpaired) electrons. The largest absolute Gasteiger partial charge is 0.369 e. The van der Waals surface area contributed by atoms with Gasteiger partial charge in [-0.3, -0.25) is 14.5 Å². The Balaban J connectivity index is 1.61. The van der Waals surface area contributed by atoms with Crippen LogP contribution in [0.4, 0.5) is 8.78 Å². The molecule has 0 unspecified atom stereocenters. The van der Waals surface area contributed by atoms with Crippen LogP contribution >= 0.6 is 0 Å². The van der Waals surface area contributed by atoms with E-state index in [0.29, 0.717) is 25.1 Å². The lowest BCUT2D eigenvalue weighted by molar-refractivity contribution is -0.128. The van der Waals surface area contributed by atoms with Gasteiger partial charge in [-0.25, -0.2) is 8.78 Å². The summed E-state index contributed by atoms with van der Waals surface area (Å²) in [5.74, 6) is -2.07. The predicted octanol–water partition coefficient (Wildman–Crippen LogP) is 1.26. The van der Waals surface area contributed by atoms with E-state index >= 15 is 0 Å². The molecule has 0 atom stereocenters. The molecule has 130 valence electrons. The molecule has 2 heterocycles. The lowest BCUT2D eigenvalue weighted by Gasteiger charge is -2.38. The smallest absolute Gasteiger partial charge is 0.231 e. The van der Waals surface area contributed by atoms with Crippen LogP contribution in [0.3, 0.4) is 0 Å². The quantitative estimate of drug-likeness (QED) is 0.900. The topological polar surface area (TPSA) is 66.6 Å². The molecule has 2 N–H and O–H groups in total. The van der Waals surface area contributed by atoms with Gasteiger partial charge in [0, 0.05) is 19.5 Å². The van der Waals surface area contributed by atoms with Crippen LogP contribution in [-0.2, 0) is 16.1 Å². The van der Waals surface area contributed by atoms with Gasteiger partial charge in [0.2, 0.25) is 11.8 Å². The van der Waals surface area contributed by atoms with E-state index in [-0.39, 0.29) is 23.8 Å². The number of carbonyl (C=O) groups is 2. The number of hydrogen-bond donors (Lipinski definition) is 1. The Hall–Kier alpha value is -2.02. The van der Waals surface area contributed by atoms with E-state index < -0.39 is 11.6 Å². The second-order valence-corrected chi connectivity index (χ2v) is 6.92. The van der Waals surface area contributed by atoms with Gasteiger partial charge in [0.25, 0.3) is 0 Å². The molecule has 2 amide bonds. The SMILES string of the molecule is NC(=O)CN1CCC2(CC1)CC(=O)N(Cc1ccc(F)c(F)c1)C2. The first-order chi connectivity index (χ1) is 11.4. The number of nitrogens with zero attached hydrogens (tertiary/aromatic N) is 2. The number of piperidine rings is 1. The number of hydrogen-bond acceptors (Lipinski definition) is 3. The van der Waals surface area contributed by atoms with Crippen LogP contribution < -0.4 is 5.73 Å². The van der Waals surface area contributed by atoms with Crippen LogP contribution in [-0.4, -0.2) is 47.8 Å². The summed E-state index contributed by atoms with van der Waals surface area (Å²) in [6.07, 6.45) is 2.14. The minimum atomic E-state index is -0.895. The summed E-state index contributed by atoms with van der Waals surface area (Å²) in [7, 11) is 0. The molecule has 2 aliphatic rings. The molecule has 7 heteroatoms. The normalized spacial score (nSPS) is 20.8. The molecule has 2 fully saturated rings. The maximum Gasteiger partial charge on any atom is 0.231 e. The Labute approximate surface area is 139 Å². The summed E-state index contributed by atoms with van der Waals surface area (Å²) in [4.78, 5) is 27.1. The van der Waals surface area contributed by atoms with Gasteiger partial charge in [-0.1, -0.05) is 6.07 Å². The van der Waals surface area contributed by atoms with Gasteiger partial charge < -0.3 is 10.6 Å². The van der Waals surface area contributed by atoms with Crippen molar-refractivity contribution >= 4 is 11.8 Å². The standard InChI is InChI=1S/C17H21F2N3O2/c18-13-2-1-12(7-14(13)19)9-22-11-17(8-16(22)24)3-5-21(6-4-17)10-15(20)23/h1-2,7H,3-6,8-11H2,(H2,20,23). The van der Waals surface area contributed by atoms with Gasteiger partial charge in [-0.05, 0) is 49.0 Å². The molecule has 3 rings (SSSR count). The molecule has 0 bridgehead atoms. The first-order valence-electron chi connectivity index (χ1n) is 8.09. The van der Waals surface area contributed by atoms with E-state index in [4.69, 9.17) is 5.73 Å². The predicted molar refractivity (Wildman–Crippen MR) is 83.7 cm³/mol. The third kappa shape index (κ3) is 3.56. The zero-order valence-electron chi connectivity index (χ0n) is 13.4. The first-order valence-corrected chi connectivity index (χ1v) is 8.09. The zero-order chi connectivity index (χ0) is 17.3. The van der Waals surface area contributed by atoms with Crippen molar-refractivity contribution in [1.82, 2.24) is 9.80 Å². The second kappa shape index (κ2) is 6.47. The molecule has 0 aromatic heterocycles. The summed E-state index contributed by atoms with van der Waals surface area (Å²) in [5.41, 5.74) is 5.73. The van der Waals surface area contributed by atoms with Gasteiger partial charge in [0.05, 0.1) is 6.54 Å². The van der Waals surface area contributed by atoms with E-state index in [0.717, 1.165) is 38.1 Å². The van der Waals surface area contributed by atoms with Crippen molar-refractivity contribution in [2.75, 3.05) is 26.2 Å². The van der Waals surface area contributed by atoms with Gasteiger partial charge >= 0.3 is 0 Å². The Bertz CT molecular complexity index is 657. The lowest BCUT2D eigenvalue weighted by atomic mass is 9.77. The van der Waals surface area contributed by atoms with E-state index in [9.17, 15) is 18.4 Å². The number of nitrogens with two attached hydrogens (primary N) is 1. The number of likely N-dealkylation sites (tertiary alicyclic amines) is 2. The highest BCUT2D eigenvalue weighted by Crippen LogP contribution is 2.41. The van der Waals surface area contributed by atoms with Gasteiger partial charge in [0.1, 0.15) is 0 Å². The Kier molecular flexibility index (Phi) is 4.54. The zero-order valence-corrected chi connectivity index (χ0v) is 13.4. The average molecular weight is 337 g/mol. The van der Waals surface area contributed by atoms with Crippen molar-refractivity contribution in [1.29, 1.82) is 0 Å². The fraction of sp³-hybridized carbons (Fsp3) is 0.529.